The highest BCUT2D eigenvalue weighted by molar-refractivity contribution is 7.98. The number of hydrogen-bond donors (Lipinski definition) is 0. The van der Waals surface area contributed by atoms with Crippen molar-refractivity contribution in [2.24, 2.45) is 7.05 Å². The summed E-state index contributed by atoms with van der Waals surface area (Å²) in [6.45, 7) is -0.292. The third kappa shape index (κ3) is 6.01. The minimum atomic E-state index is -1.01. The van der Waals surface area contributed by atoms with Crippen molar-refractivity contribution in [3.05, 3.63) is 96.6 Å². The van der Waals surface area contributed by atoms with Crippen LogP contribution in [0.25, 0.3) is 11.2 Å². The van der Waals surface area contributed by atoms with E-state index in [0.29, 0.717) is 15.2 Å². The number of rotatable bonds is 7. The lowest BCUT2D eigenvalue weighted by atomic mass is 10.1. The van der Waals surface area contributed by atoms with Crippen LogP contribution >= 0.6 is 35.0 Å². The van der Waals surface area contributed by atoms with Crippen molar-refractivity contribution in [3.63, 3.8) is 0 Å². The number of carbonyl (C=O) groups excluding carboxylic acids is 2. The standard InChI is InChI=1S/C27H22Cl2N4O7S/c1-32-24(35)22-23(31-27(32)41-2)33(20(34)12-30-22)21-11-18(40-26(37)15-5-9-17(29)10-6-15)19(39-21)13-38-25(36)14-3-7-16(28)8-4-14/h3-10,12,18-19,21H,11,13H2,1-2H3/t18-,19+,21+/m0/s1. The summed E-state index contributed by atoms with van der Waals surface area (Å²) in [6, 6.07) is 12.3. The van der Waals surface area contributed by atoms with Gasteiger partial charge in [-0.3, -0.25) is 18.7 Å². The van der Waals surface area contributed by atoms with Crippen LogP contribution in [0, 0.1) is 0 Å². The predicted octanol–water partition coefficient (Wildman–Crippen LogP) is 3.89. The summed E-state index contributed by atoms with van der Waals surface area (Å²) in [4.78, 5) is 60.1. The van der Waals surface area contributed by atoms with E-state index >= 15 is 0 Å². The molecule has 2 aromatic carbocycles. The molecule has 3 heterocycles. The first-order valence-corrected chi connectivity index (χ1v) is 14.2. The van der Waals surface area contributed by atoms with Crippen LogP contribution in [0.4, 0.5) is 0 Å². The smallest absolute Gasteiger partial charge is 0.338 e. The van der Waals surface area contributed by atoms with E-state index in [1.165, 1.54) is 45.2 Å². The molecule has 0 amide bonds. The van der Waals surface area contributed by atoms with Gasteiger partial charge < -0.3 is 14.2 Å². The summed E-state index contributed by atoms with van der Waals surface area (Å²) >= 11 is 13.1. The zero-order valence-corrected chi connectivity index (χ0v) is 24.0. The van der Waals surface area contributed by atoms with Gasteiger partial charge >= 0.3 is 11.9 Å². The second-order valence-electron chi connectivity index (χ2n) is 9.02. The van der Waals surface area contributed by atoms with E-state index in [2.05, 4.69) is 9.97 Å². The van der Waals surface area contributed by atoms with Crippen LogP contribution in [0.5, 0.6) is 0 Å². The minimum absolute atomic E-state index is 0.00695. The van der Waals surface area contributed by atoms with E-state index in [0.717, 1.165) is 6.20 Å². The third-order valence-corrected chi connectivity index (χ3v) is 7.66. The average Bonchev–Trinajstić information content (AvgIpc) is 3.35. The largest absolute Gasteiger partial charge is 0.459 e. The quantitative estimate of drug-likeness (QED) is 0.171. The number of halogens is 2. The van der Waals surface area contributed by atoms with Gasteiger partial charge in [0.25, 0.3) is 11.1 Å². The first kappa shape index (κ1) is 28.8. The summed E-state index contributed by atoms with van der Waals surface area (Å²) in [5.41, 5.74) is -0.504. The molecule has 0 bridgehead atoms. The van der Waals surface area contributed by atoms with Crippen molar-refractivity contribution in [1.29, 1.82) is 0 Å². The second kappa shape index (κ2) is 12.0. The fourth-order valence-electron chi connectivity index (χ4n) is 4.34. The monoisotopic (exact) mass is 616 g/mol. The number of carbonyl (C=O) groups is 2. The predicted molar refractivity (Wildman–Crippen MR) is 152 cm³/mol. The van der Waals surface area contributed by atoms with Crippen LogP contribution in [0.1, 0.15) is 33.4 Å². The Balaban J connectivity index is 1.46. The average molecular weight is 617 g/mol. The summed E-state index contributed by atoms with van der Waals surface area (Å²) in [5.74, 6) is -1.30. The van der Waals surface area contributed by atoms with Crippen LogP contribution in [-0.4, -0.2) is 56.1 Å². The topological polar surface area (TPSA) is 132 Å². The second-order valence-corrected chi connectivity index (χ2v) is 10.7. The van der Waals surface area contributed by atoms with Gasteiger partial charge in [0.1, 0.15) is 25.0 Å². The lowest BCUT2D eigenvalue weighted by Gasteiger charge is -2.19. The Bertz CT molecular complexity index is 1740. The first-order valence-electron chi connectivity index (χ1n) is 12.2. The Hall–Kier alpha value is -3.71. The molecule has 2 aromatic heterocycles. The highest BCUT2D eigenvalue weighted by atomic mass is 35.5. The van der Waals surface area contributed by atoms with Gasteiger partial charge in [-0.2, -0.15) is 0 Å². The molecule has 0 radical (unpaired) electrons. The number of fused-ring (bicyclic) bond motifs is 1. The summed E-state index contributed by atoms with van der Waals surface area (Å²) in [5, 5.41) is 1.27. The Morgan fingerprint density at radius 3 is 2.24 bits per heavy atom. The van der Waals surface area contributed by atoms with Crippen molar-refractivity contribution in [1.82, 2.24) is 19.1 Å². The molecule has 1 saturated heterocycles. The molecule has 5 rings (SSSR count). The van der Waals surface area contributed by atoms with E-state index < -0.39 is 41.5 Å². The molecule has 14 heteroatoms. The maximum atomic E-state index is 13.0. The van der Waals surface area contributed by atoms with Gasteiger partial charge in [0.15, 0.2) is 16.3 Å². The molecular weight excluding hydrogens is 595 g/mol. The van der Waals surface area contributed by atoms with Crippen LogP contribution in [0.15, 0.2) is 69.5 Å². The molecule has 41 heavy (non-hydrogen) atoms. The number of thioether (sulfide) groups is 1. The lowest BCUT2D eigenvalue weighted by Crippen LogP contribution is -2.32. The molecule has 0 aliphatic carbocycles. The SMILES string of the molecule is CSc1nc2c(ncc(=O)n2[C@H]2C[C@H](OC(=O)c3ccc(Cl)cc3)[C@@H](COC(=O)c3ccc(Cl)cc3)O2)c(=O)n1C. The van der Waals surface area contributed by atoms with Crippen LogP contribution < -0.4 is 11.1 Å². The summed E-state index contributed by atoms with van der Waals surface area (Å²) < 4.78 is 19.9. The lowest BCUT2D eigenvalue weighted by molar-refractivity contribution is -0.0570. The minimum Gasteiger partial charge on any atom is -0.459 e. The van der Waals surface area contributed by atoms with Crippen LogP contribution in [0.3, 0.4) is 0 Å². The highest BCUT2D eigenvalue weighted by Gasteiger charge is 2.41. The van der Waals surface area contributed by atoms with Crippen LogP contribution in [0.2, 0.25) is 10.0 Å². The molecule has 1 aliphatic rings. The van der Waals surface area contributed by atoms with E-state index in [4.69, 9.17) is 37.4 Å². The van der Waals surface area contributed by atoms with E-state index in [1.54, 1.807) is 37.6 Å². The third-order valence-electron chi connectivity index (χ3n) is 6.43. The number of nitrogens with zero attached hydrogens (tertiary/aromatic N) is 4. The molecule has 3 atom stereocenters. The van der Waals surface area contributed by atoms with Gasteiger partial charge in [-0.25, -0.2) is 19.6 Å². The molecule has 1 aliphatic heterocycles. The number of hydrogen-bond acceptors (Lipinski definition) is 10. The number of ether oxygens (including phenoxy) is 3. The highest BCUT2D eigenvalue weighted by Crippen LogP contribution is 2.32. The first-order chi connectivity index (χ1) is 19.7. The van der Waals surface area contributed by atoms with Gasteiger partial charge in [0.05, 0.1) is 17.3 Å². The van der Waals surface area contributed by atoms with Crippen molar-refractivity contribution in [3.8, 4) is 0 Å². The molecular formula is C27H22Cl2N4O7S. The zero-order valence-electron chi connectivity index (χ0n) is 21.7. The molecule has 0 unspecified atom stereocenters. The molecule has 4 aromatic rings. The van der Waals surface area contributed by atoms with Crippen LogP contribution in [-0.2, 0) is 21.3 Å². The van der Waals surface area contributed by atoms with Gasteiger partial charge in [0.2, 0.25) is 0 Å². The Morgan fingerprint density at radius 2 is 1.63 bits per heavy atom. The van der Waals surface area contributed by atoms with Crippen molar-refractivity contribution in [2.45, 2.75) is 30.0 Å². The molecule has 1 fully saturated rings. The zero-order chi connectivity index (χ0) is 29.3. The van der Waals surface area contributed by atoms with Crippen molar-refractivity contribution in [2.75, 3.05) is 12.9 Å². The summed E-state index contributed by atoms with van der Waals surface area (Å²) in [7, 11) is 1.56. The van der Waals surface area contributed by atoms with Gasteiger partial charge in [-0.15, -0.1) is 0 Å². The van der Waals surface area contributed by atoms with Gasteiger partial charge in [0, 0.05) is 23.5 Å². The molecule has 212 valence electrons. The number of esters is 2. The maximum absolute atomic E-state index is 13.0. The normalized spacial score (nSPS) is 18.4. The van der Waals surface area contributed by atoms with E-state index in [-0.39, 0.29) is 35.3 Å². The van der Waals surface area contributed by atoms with Crippen molar-refractivity contribution >= 4 is 58.1 Å². The van der Waals surface area contributed by atoms with E-state index in [1.807, 2.05) is 0 Å². The molecule has 0 saturated carbocycles. The fourth-order valence-corrected chi connectivity index (χ4v) is 5.13. The van der Waals surface area contributed by atoms with E-state index in [9.17, 15) is 19.2 Å². The Labute approximate surface area is 247 Å². The number of benzene rings is 2. The van der Waals surface area contributed by atoms with Crippen molar-refractivity contribution < 1.29 is 23.8 Å². The molecule has 0 spiro atoms. The summed E-state index contributed by atoms with van der Waals surface area (Å²) in [6.07, 6.45) is -0.125. The van der Waals surface area contributed by atoms with Gasteiger partial charge in [-0.1, -0.05) is 35.0 Å². The Morgan fingerprint density at radius 1 is 1.02 bits per heavy atom. The van der Waals surface area contributed by atoms with Gasteiger partial charge in [-0.05, 0) is 54.8 Å². The molecule has 11 nitrogen and oxygen atoms in total. The Kier molecular flexibility index (Phi) is 8.45. The number of aromatic nitrogens is 4. The molecule has 0 N–H and O–H groups in total. The maximum Gasteiger partial charge on any atom is 0.338 e. The fraction of sp³-hybridized carbons (Fsp3) is 0.259.